The van der Waals surface area contributed by atoms with E-state index in [1.807, 2.05) is 0 Å². The van der Waals surface area contributed by atoms with Crippen molar-refractivity contribution >= 4 is 39.2 Å². The average Bonchev–Trinajstić information content (AvgIpc) is 2.44. The zero-order valence-electron chi connectivity index (χ0n) is 11.8. The molecule has 0 aromatic heterocycles. The molecule has 28 heavy (non-hydrogen) atoms. The first-order chi connectivity index (χ1) is 11.7. The van der Waals surface area contributed by atoms with Crippen LogP contribution < -0.4 is 0 Å². The van der Waals surface area contributed by atoms with Crippen LogP contribution in [-0.4, -0.2) is 53.5 Å². The summed E-state index contributed by atoms with van der Waals surface area (Å²) in [4.78, 5) is 0. The van der Waals surface area contributed by atoms with Crippen LogP contribution in [0.3, 0.4) is 0 Å². The fourth-order valence-electron chi connectivity index (χ4n) is 1.31. The molecular weight excluding hydrogens is 535 g/mol. The summed E-state index contributed by atoms with van der Waals surface area (Å²) in [5.41, 5.74) is -6.85. The number of rotatable bonds is 8. The molecule has 0 aliphatic heterocycles. The molecule has 0 fully saturated rings. The van der Waals surface area contributed by atoms with Gasteiger partial charge < -0.3 is 0 Å². The van der Waals surface area contributed by atoms with Crippen LogP contribution in [0.4, 0.5) is 70.2 Å². The van der Waals surface area contributed by atoms with Gasteiger partial charge in [0, 0.05) is 0 Å². The van der Waals surface area contributed by atoms with Crippen LogP contribution in [0.15, 0.2) is 0 Å². The molecule has 0 N–H and O–H groups in total. The van der Waals surface area contributed by atoms with Crippen molar-refractivity contribution in [2.45, 2.75) is 47.5 Å². The summed E-state index contributed by atoms with van der Waals surface area (Å²) >= 11 is 12.9. The maximum Gasteiger partial charge on any atom is 0.424 e. The molecule has 0 heterocycles. The first-order valence-corrected chi connectivity index (χ1v) is 10.7. The summed E-state index contributed by atoms with van der Waals surface area (Å²) < 4.78 is 206. The van der Waals surface area contributed by atoms with Gasteiger partial charge in [-0.3, -0.25) is 0 Å². The van der Waals surface area contributed by atoms with Crippen LogP contribution in [0.5, 0.6) is 0 Å². The van der Waals surface area contributed by atoms with Gasteiger partial charge in [0.25, 0.3) is 0 Å². The molecule has 0 aliphatic rings. The number of hydrogen-bond acceptors (Lipinski definition) is 0. The lowest BCUT2D eigenvalue weighted by Gasteiger charge is -2.43. The topological polar surface area (TPSA) is 0 Å². The minimum Gasteiger partial charge on any atom is -0.203 e. The Kier molecular flexibility index (Phi) is 6.99. The first-order valence-electron chi connectivity index (χ1n) is 5.69. The second kappa shape index (κ2) is 7.00. The third-order valence-electron chi connectivity index (χ3n) is 3.02. The normalized spacial score (nSPS) is 16.7. The number of hydrogen-bond donors (Lipinski definition) is 0. The van der Waals surface area contributed by atoms with Gasteiger partial charge in [-0.25, -0.2) is 8.78 Å². The van der Waals surface area contributed by atoms with Crippen molar-refractivity contribution in [2.24, 2.45) is 0 Å². The van der Waals surface area contributed by atoms with E-state index in [4.69, 9.17) is 0 Å². The maximum absolute atomic E-state index is 13.2. The van der Waals surface area contributed by atoms with Crippen molar-refractivity contribution in [1.82, 2.24) is 0 Å². The Labute approximate surface area is 157 Å². The van der Waals surface area contributed by atoms with Crippen LogP contribution in [0.1, 0.15) is 0 Å². The van der Waals surface area contributed by atoms with E-state index in [2.05, 4.69) is 33.2 Å². The number of halogens is 19. The van der Waals surface area contributed by atoms with Crippen molar-refractivity contribution in [1.29, 1.82) is 0 Å². The van der Waals surface area contributed by atoms with E-state index in [0.29, 0.717) is 0 Å². The van der Waals surface area contributed by atoms with Crippen LogP contribution in [0.2, 0.25) is 0 Å². The highest BCUT2D eigenvalue weighted by Crippen LogP contribution is 2.64. The second-order valence-electron chi connectivity index (χ2n) is 4.87. The molecule has 0 nitrogen and oxygen atoms in total. The molecular formula is C8HCl3F16Si. The molecule has 0 aromatic rings. The highest BCUT2D eigenvalue weighted by atomic mass is 35.8. The fraction of sp³-hybridized carbons (Fsp3) is 1.00. The standard InChI is InChI=1S/C8HCl3F16Si/c9-28(10,11)8(26,27)7(24,25)6(22,23)5(20,21)4(18,19)3(16,17)2(14,15)1(12)13/h1H. The second-order valence-corrected chi connectivity index (χ2v) is 13.3. The van der Waals surface area contributed by atoms with E-state index in [-0.39, 0.29) is 0 Å². The molecule has 0 spiro atoms. The Bertz CT molecular complexity index is 581. The minimum absolute atomic E-state index is 4.29. The van der Waals surface area contributed by atoms with Crippen molar-refractivity contribution in [3.8, 4) is 0 Å². The van der Waals surface area contributed by atoms with Crippen LogP contribution in [0.25, 0.3) is 0 Å². The zero-order chi connectivity index (χ0) is 23.6. The highest BCUT2D eigenvalue weighted by Gasteiger charge is 2.95. The van der Waals surface area contributed by atoms with Crippen LogP contribution in [0, 0.1) is 0 Å². The molecule has 0 aromatic carbocycles. The van der Waals surface area contributed by atoms with E-state index in [0.717, 1.165) is 0 Å². The predicted octanol–water partition coefficient (Wildman–Crippen LogP) is 6.89. The molecule has 0 rings (SSSR count). The van der Waals surface area contributed by atoms with Gasteiger partial charge in [0.1, 0.15) is 0 Å². The summed E-state index contributed by atoms with van der Waals surface area (Å²) in [5.74, 6) is -48.7. The maximum atomic E-state index is 13.2. The smallest absolute Gasteiger partial charge is 0.203 e. The van der Waals surface area contributed by atoms with Gasteiger partial charge in [-0.2, -0.15) is 61.5 Å². The first kappa shape index (κ1) is 28.0. The Morgan fingerprint density at radius 2 is 0.714 bits per heavy atom. The van der Waals surface area contributed by atoms with Gasteiger partial charge in [0.2, 0.25) is 0 Å². The van der Waals surface area contributed by atoms with Crippen molar-refractivity contribution in [2.75, 3.05) is 0 Å². The van der Waals surface area contributed by atoms with Crippen molar-refractivity contribution < 1.29 is 70.2 Å². The molecule has 0 aliphatic carbocycles. The molecule has 0 saturated heterocycles. The lowest BCUT2D eigenvalue weighted by atomic mass is 9.91. The third-order valence-corrected chi connectivity index (χ3v) is 6.18. The van der Waals surface area contributed by atoms with Gasteiger partial charge in [-0.1, -0.05) is 0 Å². The average molecular weight is 536 g/mol. The predicted molar refractivity (Wildman–Crippen MR) is 63.9 cm³/mol. The van der Waals surface area contributed by atoms with Gasteiger partial charge in [0.05, 0.1) is 0 Å². The van der Waals surface area contributed by atoms with Gasteiger partial charge in [0.15, 0.2) is 0 Å². The summed E-state index contributed by atoms with van der Waals surface area (Å²) in [7, 11) is 0. The molecule has 0 unspecified atom stereocenters. The molecule has 0 radical (unpaired) electrons. The van der Waals surface area contributed by atoms with Crippen molar-refractivity contribution in [3.05, 3.63) is 0 Å². The van der Waals surface area contributed by atoms with E-state index >= 15 is 0 Å². The lowest BCUT2D eigenvalue weighted by Crippen LogP contribution is -2.75. The summed E-state index contributed by atoms with van der Waals surface area (Å²) in [6.07, 6.45) is -5.90. The van der Waals surface area contributed by atoms with Crippen LogP contribution in [-0.2, 0) is 0 Å². The van der Waals surface area contributed by atoms with E-state index in [1.165, 1.54) is 0 Å². The Morgan fingerprint density at radius 3 is 0.964 bits per heavy atom. The molecule has 0 saturated carbocycles. The minimum atomic E-state index is -8.49. The molecule has 0 amide bonds. The van der Waals surface area contributed by atoms with Gasteiger partial charge in [-0.15, -0.1) is 33.2 Å². The van der Waals surface area contributed by atoms with Crippen molar-refractivity contribution in [3.63, 3.8) is 0 Å². The number of alkyl halides is 16. The largest absolute Gasteiger partial charge is 0.424 e. The summed E-state index contributed by atoms with van der Waals surface area (Å²) in [5, 5.41) is 0. The monoisotopic (exact) mass is 534 g/mol. The summed E-state index contributed by atoms with van der Waals surface area (Å²) in [6, 6.07) is -6.55. The highest BCUT2D eigenvalue weighted by molar-refractivity contribution is 7.65. The van der Waals surface area contributed by atoms with E-state index in [9.17, 15) is 70.2 Å². The summed E-state index contributed by atoms with van der Waals surface area (Å²) in [6.45, 7) is 0. The molecule has 0 bridgehead atoms. The Hall–Kier alpha value is -0.0331. The van der Waals surface area contributed by atoms with E-state index < -0.39 is 53.5 Å². The van der Waals surface area contributed by atoms with Gasteiger partial charge in [-0.05, 0) is 0 Å². The van der Waals surface area contributed by atoms with E-state index in [1.54, 1.807) is 0 Å². The van der Waals surface area contributed by atoms with Gasteiger partial charge >= 0.3 is 53.5 Å². The molecule has 0 atom stereocenters. The fourth-order valence-corrected chi connectivity index (χ4v) is 2.89. The lowest BCUT2D eigenvalue weighted by molar-refractivity contribution is -0.442. The SMILES string of the molecule is FC(F)C(F)(F)C(F)(F)C(F)(F)C(F)(F)C(F)(F)C(F)(F)C(F)(F)[Si](Cl)(Cl)Cl. The third kappa shape index (κ3) is 3.40. The molecule has 20 heteroatoms. The van der Waals surface area contributed by atoms with Crippen LogP contribution >= 0.6 is 33.2 Å². The zero-order valence-corrected chi connectivity index (χ0v) is 15.0. The Balaban J connectivity index is 6.72. The Morgan fingerprint density at radius 1 is 0.464 bits per heavy atom. The molecule has 170 valence electrons. The quantitative estimate of drug-likeness (QED) is 0.180.